The molecule has 0 aromatic heterocycles. The number of hydrogen-bond donors (Lipinski definition) is 2. The van der Waals surface area contributed by atoms with E-state index < -0.39 is 21.8 Å². The smallest absolute Gasteiger partial charge is 0.341 e. The van der Waals surface area contributed by atoms with Crippen LogP contribution in [0.1, 0.15) is 40.7 Å². The van der Waals surface area contributed by atoms with Crippen molar-refractivity contribution in [2.75, 3.05) is 36.0 Å². The summed E-state index contributed by atoms with van der Waals surface area (Å²) in [6.45, 7) is 2.50. The second kappa shape index (κ2) is 17.4. The van der Waals surface area contributed by atoms with E-state index in [0.29, 0.717) is 13.0 Å². The van der Waals surface area contributed by atoms with Gasteiger partial charge in [-0.25, -0.2) is 13.1 Å². The van der Waals surface area contributed by atoms with Gasteiger partial charge in [-0.3, -0.25) is 0 Å². The van der Waals surface area contributed by atoms with E-state index >= 15 is 0 Å². The monoisotopic (exact) mass is 748 g/mol. The van der Waals surface area contributed by atoms with E-state index in [1.54, 1.807) is 0 Å². The van der Waals surface area contributed by atoms with Gasteiger partial charge in [-0.2, -0.15) is 13.2 Å². The summed E-state index contributed by atoms with van der Waals surface area (Å²) in [4.78, 5) is 4.46. The normalized spacial score (nSPS) is 13.5. The molecule has 2 aliphatic heterocycles. The van der Waals surface area contributed by atoms with E-state index in [9.17, 15) is 21.6 Å². The number of rotatable bonds is 9. The lowest BCUT2D eigenvalue weighted by Gasteiger charge is -2.27. The summed E-state index contributed by atoms with van der Waals surface area (Å²) in [6, 6.07) is 37.4. The summed E-state index contributed by atoms with van der Waals surface area (Å²) in [5.41, 5.74) is 15.1. The number of nitrogens with two attached hydrogens (primary N) is 1. The van der Waals surface area contributed by atoms with Crippen molar-refractivity contribution < 1.29 is 21.6 Å². The fourth-order valence-corrected chi connectivity index (χ4v) is 7.90. The molecule has 2 aliphatic rings. The third kappa shape index (κ3) is 9.16. The van der Waals surface area contributed by atoms with Crippen LogP contribution in [0.4, 0.5) is 35.9 Å². The fraction of sp³-hybridized carbons (Fsp3) is 0.268. The molecule has 0 amide bonds. The number of sulfonamides is 1. The molecule has 274 valence electrons. The van der Waals surface area contributed by atoms with Gasteiger partial charge in [0.2, 0.25) is 10.0 Å². The van der Waals surface area contributed by atoms with Crippen molar-refractivity contribution in [1.82, 2.24) is 4.72 Å². The molecular weight excluding hydrogens is 705 g/mol. The van der Waals surface area contributed by atoms with Gasteiger partial charge in [-0.15, -0.1) is 12.4 Å². The third-order valence-electron chi connectivity index (χ3n) is 9.39. The summed E-state index contributed by atoms with van der Waals surface area (Å²) >= 11 is 0. The Morgan fingerprint density at radius 3 is 1.31 bits per heavy atom. The predicted molar refractivity (Wildman–Crippen MR) is 207 cm³/mol. The van der Waals surface area contributed by atoms with Gasteiger partial charge >= 0.3 is 6.18 Å². The van der Waals surface area contributed by atoms with Gasteiger partial charge in [-0.05, 0) is 116 Å². The van der Waals surface area contributed by atoms with Crippen LogP contribution in [0.15, 0.2) is 126 Å². The number of fused-ring (bicyclic) bond motifs is 4. The molecule has 11 heteroatoms. The Labute approximate surface area is 310 Å². The largest absolute Gasteiger partial charge is 0.416 e. The summed E-state index contributed by atoms with van der Waals surface area (Å²) in [6.07, 6.45) is 1.15. The summed E-state index contributed by atoms with van der Waals surface area (Å²) in [7, 11) is -3.89. The molecule has 5 aromatic rings. The van der Waals surface area contributed by atoms with Crippen molar-refractivity contribution in [2.24, 2.45) is 5.73 Å². The number of aryl methyl sites for hydroxylation is 4. The molecule has 0 aliphatic carbocycles. The Kier molecular flexibility index (Phi) is 13.0. The minimum absolute atomic E-state index is 0. The van der Waals surface area contributed by atoms with Gasteiger partial charge in [0, 0.05) is 42.4 Å². The lowest BCUT2D eigenvalue weighted by Crippen LogP contribution is -2.28. The molecule has 2 heterocycles. The van der Waals surface area contributed by atoms with Crippen LogP contribution < -0.4 is 20.3 Å². The molecule has 3 N–H and O–H groups in total. The number of alkyl halides is 3. The van der Waals surface area contributed by atoms with E-state index in [4.69, 9.17) is 5.73 Å². The van der Waals surface area contributed by atoms with Crippen molar-refractivity contribution in [3.63, 3.8) is 0 Å². The highest BCUT2D eigenvalue weighted by Gasteiger charge is 2.30. The molecule has 0 spiro atoms. The van der Waals surface area contributed by atoms with Crippen LogP contribution in [-0.4, -0.2) is 34.6 Å². The number of anilines is 4. The zero-order valence-corrected chi connectivity index (χ0v) is 30.5. The van der Waals surface area contributed by atoms with E-state index in [1.165, 1.54) is 33.6 Å². The first-order valence-electron chi connectivity index (χ1n) is 17.4. The Balaban J connectivity index is 0.000000223. The summed E-state index contributed by atoms with van der Waals surface area (Å²) < 4.78 is 65.6. The van der Waals surface area contributed by atoms with Crippen LogP contribution in [0.5, 0.6) is 0 Å². The second-order valence-corrected chi connectivity index (χ2v) is 14.5. The van der Waals surface area contributed by atoms with Gasteiger partial charge < -0.3 is 15.5 Å². The van der Waals surface area contributed by atoms with Crippen LogP contribution in [0.2, 0.25) is 0 Å². The average molecular weight is 749 g/mol. The number of hydrogen-bond acceptors (Lipinski definition) is 5. The SMILES string of the molecule is Cl.NCCCN1c2ccccc2CCc2ccccc21.O=S(=O)(NCCCN1c2ccccc2CCc2ccccc21)c1ccc(C(F)(F)F)cc1. The number of halogens is 4. The van der Waals surface area contributed by atoms with Gasteiger partial charge in [-0.1, -0.05) is 72.8 Å². The Hall–Kier alpha value is -4.35. The lowest BCUT2D eigenvalue weighted by atomic mass is 10.0. The topological polar surface area (TPSA) is 78.7 Å². The van der Waals surface area contributed by atoms with Crippen molar-refractivity contribution in [1.29, 1.82) is 0 Å². The molecule has 6 nitrogen and oxygen atoms in total. The van der Waals surface area contributed by atoms with Crippen LogP contribution in [0, 0.1) is 0 Å². The van der Waals surface area contributed by atoms with E-state index in [-0.39, 0.29) is 23.8 Å². The lowest BCUT2D eigenvalue weighted by molar-refractivity contribution is -0.137. The highest BCUT2D eigenvalue weighted by molar-refractivity contribution is 7.89. The van der Waals surface area contributed by atoms with Crippen molar-refractivity contribution in [2.45, 2.75) is 49.6 Å². The highest BCUT2D eigenvalue weighted by atomic mass is 35.5. The van der Waals surface area contributed by atoms with Crippen molar-refractivity contribution >= 4 is 45.2 Å². The van der Waals surface area contributed by atoms with E-state index in [2.05, 4.69) is 87.3 Å². The molecule has 0 unspecified atom stereocenters. The zero-order chi connectivity index (χ0) is 35.8. The standard InChI is InChI=1S/C24H23F3N2O2S.C17H20N2.ClH/c25-24(26,27)20-12-14-21(15-13-20)32(30,31)28-16-5-17-29-22-8-3-1-6-18(22)10-11-19-7-2-4-9-23(19)29;18-12-5-13-19-16-8-3-1-6-14(16)10-11-15-7-2-4-9-17(15)19;/h1-4,6-9,12-15,28H,5,10-11,16-17H2;1-4,6-9H,5,10-13,18H2;1H. The number of benzene rings is 5. The first-order chi connectivity index (χ1) is 24.7. The zero-order valence-electron chi connectivity index (χ0n) is 28.9. The summed E-state index contributed by atoms with van der Waals surface area (Å²) in [5.74, 6) is 0. The first kappa shape index (κ1) is 38.9. The second-order valence-electron chi connectivity index (χ2n) is 12.7. The van der Waals surface area contributed by atoms with Crippen molar-refractivity contribution in [3.8, 4) is 0 Å². The minimum Gasteiger partial charge on any atom is -0.341 e. The molecule has 52 heavy (non-hydrogen) atoms. The van der Waals surface area contributed by atoms with Gasteiger partial charge in [0.05, 0.1) is 10.5 Å². The predicted octanol–water partition coefficient (Wildman–Crippen LogP) is 9.00. The quantitative estimate of drug-likeness (QED) is 0.147. The molecule has 5 aromatic carbocycles. The molecule has 0 saturated heterocycles. The van der Waals surface area contributed by atoms with E-state index in [0.717, 1.165) is 80.8 Å². The molecule has 0 radical (unpaired) electrons. The Morgan fingerprint density at radius 1 is 0.577 bits per heavy atom. The van der Waals surface area contributed by atoms with Gasteiger partial charge in [0.15, 0.2) is 0 Å². The van der Waals surface area contributed by atoms with Gasteiger partial charge in [0.1, 0.15) is 0 Å². The van der Waals surface area contributed by atoms with Crippen LogP contribution in [-0.2, 0) is 41.9 Å². The van der Waals surface area contributed by atoms with E-state index in [1.807, 2.05) is 24.3 Å². The number of nitrogens with zero attached hydrogens (tertiary/aromatic N) is 2. The maximum Gasteiger partial charge on any atom is 0.416 e. The van der Waals surface area contributed by atoms with Crippen LogP contribution >= 0.6 is 12.4 Å². The fourth-order valence-electron chi connectivity index (χ4n) is 6.82. The molecule has 0 atom stereocenters. The molecular formula is C41H44ClF3N4O2S. The third-order valence-corrected chi connectivity index (χ3v) is 10.9. The highest BCUT2D eigenvalue weighted by Crippen LogP contribution is 2.37. The molecule has 7 rings (SSSR count). The van der Waals surface area contributed by atoms with Crippen molar-refractivity contribution in [3.05, 3.63) is 149 Å². The average Bonchev–Trinajstić information content (AvgIpc) is 3.40. The Bertz CT molecular complexity index is 1950. The van der Waals surface area contributed by atoms with Gasteiger partial charge in [0.25, 0.3) is 0 Å². The summed E-state index contributed by atoms with van der Waals surface area (Å²) in [5, 5.41) is 0. The Morgan fingerprint density at radius 2 is 0.942 bits per heavy atom. The molecule has 0 bridgehead atoms. The molecule has 0 saturated carbocycles. The number of nitrogens with one attached hydrogen (secondary N) is 1. The first-order valence-corrected chi connectivity index (χ1v) is 18.9. The van der Waals surface area contributed by atoms with Crippen LogP contribution in [0.3, 0.4) is 0 Å². The minimum atomic E-state index is -4.50. The maximum atomic E-state index is 12.7. The number of para-hydroxylation sites is 4. The van der Waals surface area contributed by atoms with Crippen LogP contribution in [0.25, 0.3) is 0 Å². The maximum absolute atomic E-state index is 12.7. The molecule has 0 fully saturated rings.